The standard InChI is InChI=1S/C24H19N3OS3/c28-23-17-13-20(15-5-2-1-3-6-15)31-24(17)26-21(25-23)14-27-10-8-18-16(9-12-30-18)22(27)19-7-4-11-29-19/h1-7,9,11-13,22H,8,10,14H2,(H,25,26,28)/t22-/m0/s1. The van der Waals surface area contributed by atoms with Gasteiger partial charge < -0.3 is 4.98 Å². The van der Waals surface area contributed by atoms with E-state index in [0.717, 1.165) is 34.1 Å². The smallest absolute Gasteiger partial charge is 0.259 e. The average molecular weight is 462 g/mol. The lowest BCUT2D eigenvalue weighted by Crippen LogP contribution is -2.35. The van der Waals surface area contributed by atoms with Gasteiger partial charge in [-0.15, -0.1) is 34.0 Å². The Hall–Kier alpha value is -2.58. The molecule has 0 amide bonds. The number of rotatable bonds is 4. The summed E-state index contributed by atoms with van der Waals surface area (Å²) >= 11 is 5.22. The van der Waals surface area contributed by atoms with Crippen molar-refractivity contribution in [1.82, 2.24) is 14.9 Å². The first-order valence-electron chi connectivity index (χ1n) is 10.2. The predicted octanol–water partition coefficient (Wildman–Crippen LogP) is 5.92. The second-order valence-electron chi connectivity index (χ2n) is 7.65. The van der Waals surface area contributed by atoms with Crippen LogP contribution in [0.4, 0.5) is 0 Å². The van der Waals surface area contributed by atoms with E-state index in [0.29, 0.717) is 11.9 Å². The van der Waals surface area contributed by atoms with Crippen molar-refractivity contribution in [2.24, 2.45) is 0 Å². The summed E-state index contributed by atoms with van der Waals surface area (Å²) in [6.07, 6.45) is 1.04. The molecule has 1 atom stereocenters. The Morgan fingerprint density at radius 2 is 1.97 bits per heavy atom. The average Bonchev–Trinajstić information content (AvgIpc) is 3.55. The molecule has 0 saturated heterocycles. The number of thiophene rings is 3. The summed E-state index contributed by atoms with van der Waals surface area (Å²) in [6, 6.07) is 18.9. The van der Waals surface area contributed by atoms with Crippen LogP contribution in [0.5, 0.6) is 0 Å². The molecular formula is C24H19N3OS3. The zero-order chi connectivity index (χ0) is 20.8. The van der Waals surface area contributed by atoms with Crippen molar-refractivity contribution in [2.75, 3.05) is 6.54 Å². The van der Waals surface area contributed by atoms with Gasteiger partial charge in [0.25, 0.3) is 5.56 Å². The van der Waals surface area contributed by atoms with Crippen molar-refractivity contribution in [2.45, 2.75) is 19.0 Å². The molecule has 0 radical (unpaired) electrons. The molecule has 1 N–H and O–H groups in total. The molecule has 7 heteroatoms. The molecule has 1 aromatic carbocycles. The highest BCUT2D eigenvalue weighted by Gasteiger charge is 2.30. The largest absolute Gasteiger partial charge is 0.309 e. The van der Waals surface area contributed by atoms with Gasteiger partial charge in [0.1, 0.15) is 10.7 Å². The van der Waals surface area contributed by atoms with Crippen LogP contribution < -0.4 is 5.56 Å². The topological polar surface area (TPSA) is 49.0 Å². The maximum absolute atomic E-state index is 12.8. The molecule has 31 heavy (non-hydrogen) atoms. The molecule has 0 aliphatic carbocycles. The summed E-state index contributed by atoms with van der Waals surface area (Å²) in [6.45, 7) is 1.58. The lowest BCUT2D eigenvalue weighted by atomic mass is 9.98. The molecule has 1 aliphatic heterocycles. The fraction of sp³-hybridized carbons (Fsp3) is 0.167. The van der Waals surface area contributed by atoms with Crippen LogP contribution >= 0.6 is 34.0 Å². The molecule has 0 bridgehead atoms. The van der Waals surface area contributed by atoms with E-state index in [1.165, 1.54) is 15.3 Å². The van der Waals surface area contributed by atoms with Gasteiger partial charge in [-0.1, -0.05) is 36.4 Å². The third-order valence-electron chi connectivity index (χ3n) is 5.74. The van der Waals surface area contributed by atoms with E-state index in [1.807, 2.05) is 35.6 Å². The zero-order valence-electron chi connectivity index (χ0n) is 16.6. The summed E-state index contributed by atoms with van der Waals surface area (Å²) in [4.78, 5) is 27.9. The molecule has 5 heterocycles. The van der Waals surface area contributed by atoms with Gasteiger partial charge >= 0.3 is 0 Å². The Kier molecular flexibility index (Phi) is 4.84. The molecule has 5 aromatic rings. The first kappa shape index (κ1) is 19.1. The molecule has 0 spiro atoms. The van der Waals surface area contributed by atoms with Crippen LogP contribution in [0.2, 0.25) is 0 Å². The van der Waals surface area contributed by atoms with E-state index in [1.54, 1.807) is 22.7 Å². The Balaban J connectivity index is 1.37. The van der Waals surface area contributed by atoms with Crippen molar-refractivity contribution in [1.29, 1.82) is 0 Å². The van der Waals surface area contributed by atoms with Crippen LogP contribution in [0, 0.1) is 0 Å². The van der Waals surface area contributed by atoms with Crippen molar-refractivity contribution < 1.29 is 0 Å². The first-order valence-corrected chi connectivity index (χ1v) is 12.8. The highest BCUT2D eigenvalue weighted by molar-refractivity contribution is 7.21. The molecule has 0 saturated carbocycles. The maximum atomic E-state index is 12.8. The van der Waals surface area contributed by atoms with Gasteiger partial charge in [-0.2, -0.15) is 0 Å². The number of fused-ring (bicyclic) bond motifs is 2. The fourth-order valence-electron chi connectivity index (χ4n) is 4.31. The summed E-state index contributed by atoms with van der Waals surface area (Å²) in [5, 5.41) is 5.00. The summed E-state index contributed by atoms with van der Waals surface area (Å²) in [7, 11) is 0. The number of hydrogen-bond donors (Lipinski definition) is 1. The molecule has 4 nitrogen and oxygen atoms in total. The van der Waals surface area contributed by atoms with Crippen LogP contribution in [0.15, 0.2) is 70.2 Å². The normalized spacial score (nSPS) is 16.6. The van der Waals surface area contributed by atoms with Crippen LogP contribution in [-0.4, -0.2) is 21.4 Å². The second kappa shape index (κ2) is 7.84. The Bertz CT molecular complexity index is 1400. The molecule has 0 unspecified atom stereocenters. The molecule has 6 rings (SSSR count). The Labute approximate surface area is 191 Å². The van der Waals surface area contributed by atoms with Crippen molar-refractivity contribution in [3.8, 4) is 10.4 Å². The van der Waals surface area contributed by atoms with E-state index < -0.39 is 0 Å². The third-order valence-corrected chi connectivity index (χ3v) is 8.74. The Morgan fingerprint density at radius 3 is 2.81 bits per heavy atom. The minimum atomic E-state index is -0.0562. The van der Waals surface area contributed by atoms with Gasteiger partial charge in [-0.05, 0) is 46.5 Å². The predicted molar refractivity (Wildman–Crippen MR) is 130 cm³/mol. The summed E-state index contributed by atoms with van der Waals surface area (Å²) in [5.74, 6) is 0.735. The Morgan fingerprint density at radius 1 is 1.06 bits per heavy atom. The van der Waals surface area contributed by atoms with Gasteiger partial charge in [0.05, 0.1) is 18.0 Å². The molecular weight excluding hydrogens is 442 g/mol. The van der Waals surface area contributed by atoms with E-state index in [2.05, 4.69) is 51.0 Å². The van der Waals surface area contributed by atoms with Crippen LogP contribution in [0.1, 0.15) is 27.2 Å². The van der Waals surface area contributed by atoms with E-state index in [9.17, 15) is 4.79 Å². The van der Waals surface area contributed by atoms with E-state index >= 15 is 0 Å². The van der Waals surface area contributed by atoms with Crippen LogP contribution in [0.25, 0.3) is 20.7 Å². The second-order valence-corrected chi connectivity index (χ2v) is 10.7. The molecule has 154 valence electrons. The minimum Gasteiger partial charge on any atom is -0.309 e. The summed E-state index contributed by atoms with van der Waals surface area (Å²) in [5.41, 5.74) is 2.45. The SMILES string of the molecule is O=c1[nH]c(CN2CCc3sccc3[C@H]2c2cccs2)nc2sc(-c3ccccc3)cc12. The molecule has 4 aromatic heterocycles. The summed E-state index contributed by atoms with van der Waals surface area (Å²) < 4.78 is 0. The highest BCUT2D eigenvalue weighted by atomic mass is 32.1. The first-order chi connectivity index (χ1) is 15.3. The third kappa shape index (κ3) is 3.47. The van der Waals surface area contributed by atoms with Gasteiger partial charge in [0.15, 0.2) is 0 Å². The number of aromatic nitrogens is 2. The van der Waals surface area contributed by atoms with Crippen molar-refractivity contribution in [3.63, 3.8) is 0 Å². The van der Waals surface area contributed by atoms with Gasteiger partial charge in [0.2, 0.25) is 0 Å². The van der Waals surface area contributed by atoms with E-state index in [4.69, 9.17) is 4.98 Å². The number of hydrogen-bond acceptors (Lipinski definition) is 6. The number of nitrogens with zero attached hydrogens (tertiary/aromatic N) is 2. The van der Waals surface area contributed by atoms with Gasteiger partial charge in [0, 0.05) is 21.2 Å². The number of nitrogens with one attached hydrogen (secondary N) is 1. The van der Waals surface area contributed by atoms with Crippen molar-refractivity contribution >= 4 is 44.2 Å². The van der Waals surface area contributed by atoms with E-state index in [-0.39, 0.29) is 11.6 Å². The van der Waals surface area contributed by atoms with Gasteiger partial charge in [-0.25, -0.2) is 4.98 Å². The minimum absolute atomic E-state index is 0.0562. The monoisotopic (exact) mass is 461 g/mol. The number of benzene rings is 1. The van der Waals surface area contributed by atoms with Crippen LogP contribution in [-0.2, 0) is 13.0 Å². The molecule has 1 aliphatic rings. The number of aromatic amines is 1. The number of H-pyrrole nitrogens is 1. The highest BCUT2D eigenvalue weighted by Crippen LogP contribution is 2.40. The van der Waals surface area contributed by atoms with Crippen molar-refractivity contribution in [3.05, 3.63) is 96.9 Å². The van der Waals surface area contributed by atoms with Gasteiger partial charge in [-0.3, -0.25) is 9.69 Å². The fourth-order valence-corrected chi connectivity index (χ4v) is 7.14. The quantitative estimate of drug-likeness (QED) is 0.361. The maximum Gasteiger partial charge on any atom is 0.259 e. The molecule has 0 fully saturated rings. The lowest BCUT2D eigenvalue weighted by molar-refractivity contribution is 0.204. The zero-order valence-corrected chi connectivity index (χ0v) is 19.0. The van der Waals surface area contributed by atoms with Crippen LogP contribution in [0.3, 0.4) is 0 Å². The lowest BCUT2D eigenvalue weighted by Gasteiger charge is -2.35.